The van der Waals surface area contributed by atoms with Crippen LogP contribution in [0.5, 0.6) is 0 Å². The summed E-state index contributed by atoms with van der Waals surface area (Å²) in [5.74, 6) is 0. The van der Waals surface area contributed by atoms with Gasteiger partial charge in [-0.1, -0.05) is 26.0 Å². The second-order valence-electron chi connectivity index (χ2n) is 3.29. The van der Waals surface area contributed by atoms with Gasteiger partial charge >= 0.3 is 0 Å². The van der Waals surface area contributed by atoms with Crippen LogP contribution in [0.15, 0.2) is 24.3 Å². The zero-order valence-corrected chi connectivity index (χ0v) is 9.75. The van der Waals surface area contributed by atoms with E-state index in [1.807, 2.05) is 26.0 Å². The molecule has 80 valence electrons. The molecular formula is C12H22N2. The van der Waals surface area contributed by atoms with Gasteiger partial charge in [-0.2, -0.15) is 0 Å². The molecule has 0 saturated heterocycles. The van der Waals surface area contributed by atoms with E-state index in [0.717, 1.165) is 18.7 Å². The molecule has 0 fully saturated rings. The van der Waals surface area contributed by atoms with E-state index in [2.05, 4.69) is 31.1 Å². The van der Waals surface area contributed by atoms with E-state index in [1.165, 1.54) is 5.56 Å². The summed E-state index contributed by atoms with van der Waals surface area (Å²) in [5, 5.41) is 0. The van der Waals surface area contributed by atoms with Crippen molar-refractivity contribution in [3.63, 3.8) is 0 Å². The van der Waals surface area contributed by atoms with Crippen LogP contribution in [0.4, 0.5) is 5.69 Å². The number of nitrogens with zero attached hydrogens (tertiary/aromatic N) is 1. The summed E-state index contributed by atoms with van der Waals surface area (Å²) in [4.78, 5) is 2.18. The van der Waals surface area contributed by atoms with Gasteiger partial charge in [0.15, 0.2) is 0 Å². The Hall–Kier alpha value is -1.02. The third-order valence-electron chi connectivity index (χ3n) is 1.83. The molecule has 0 aliphatic heterocycles. The Morgan fingerprint density at radius 1 is 1.07 bits per heavy atom. The van der Waals surface area contributed by atoms with E-state index in [-0.39, 0.29) is 0 Å². The van der Waals surface area contributed by atoms with Crippen LogP contribution >= 0.6 is 0 Å². The molecule has 0 aliphatic carbocycles. The lowest BCUT2D eigenvalue weighted by atomic mass is 10.1. The highest BCUT2D eigenvalue weighted by molar-refractivity contribution is 5.39. The Labute approximate surface area is 87.7 Å². The van der Waals surface area contributed by atoms with Gasteiger partial charge in [0.05, 0.1) is 0 Å². The highest BCUT2D eigenvalue weighted by atomic mass is 15.0. The monoisotopic (exact) mass is 194 g/mol. The molecule has 0 amide bonds. The first-order valence-corrected chi connectivity index (χ1v) is 5.17. The maximum Gasteiger partial charge on any atom is 0.0314 e. The molecule has 14 heavy (non-hydrogen) atoms. The Morgan fingerprint density at radius 2 is 1.57 bits per heavy atom. The van der Waals surface area contributed by atoms with Gasteiger partial charge in [-0.05, 0) is 38.2 Å². The van der Waals surface area contributed by atoms with Crippen molar-refractivity contribution < 1.29 is 0 Å². The van der Waals surface area contributed by atoms with E-state index < -0.39 is 0 Å². The van der Waals surface area contributed by atoms with Crippen LogP contribution < -0.4 is 5.73 Å². The smallest absolute Gasteiger partial charge is 0.0314 e. The first kappa shape index (κ1) is 13.0. The Kier molecular flexibility index (Phi) is 6.85. The summed E-state index contributed by atoms with van der Waals surface area (Å²) in [6.45, 7) is 5.09. The molecule has 0 unspecified atom stereocenters. The van der Waals surface area contributed by atoms with Crippen molar-refractivity contribution in [1.29, 1.82) is 0 Å². The van der Waals surface area contributed by atoms with Crippen LogP contribution in [-0.2, 0) is 6.42 Å². The van der Waals surface area contributed by atoms with Crippen LogP contribution in [0.25, 0.3) is 0 Å². The third-order valence-corrected chi connectivity index (χ3v) is 1.83. The summed E-state index contributed by atoms with van der Waals surface area (Å²) in [6.07, 6.45) is 1.09. The normalized spacial score (nSPS) is 9.50. The number of benzene rings is 1. The first-order valence-electron chi connectivity index (χ1n) is 5.17. The topological polar surface area (TPSA) is 29.3 Å². The minimum absolute atomic E-state index is 0.837. The fourth-order valence-corrected chi connectivity index (χ4v) is 1.04. The number of anilines is 1. The fraction of sp³-hybridized carbons (Fsp3) is 0.500. The van der Waals surface area contributed by atoms with Gasteiger partial charge in [0.1, 0.15) is 0 Å². The molecule has 2 nitrogen and oxygen atoms in total. The largest absolute Gasteiger partial charge is 0.399 e. The summed E-state index contributed by atoms with van der Waals surface area (Å²) < 4.78 is 0. The van der Waals surface area contributed by atoms with Crippen molar-refractivity contribution in [3.05, 3.63) is 29.8 Å². The predicted octanol–water partition coefficient (Wildman–Crippen LogP) is 2.40. The minimum atomic E-state index is 0.837. The second kappa shape index (κ2) is 7.39. The standard InChI is InChI=1S/C10H16N2.C2H6/c1-12(2)8-7-9-3-5-10(11)6-4-9;1-2/h3-6H,7-8,11H2,1-2H3;1-2H3. The fourth-order valence-electron chi connectivity index (χ4n) is 1.04. The van der Waals surface area contributed by atoms with E-state index in [0.29, 0.717) is 0 Å². The average Bonchev–Trinajstić information content (AvgIpc) is 2.20. The zero-order valence-electron chi connectivity index (χ0n) is 9.75. The number of hydrogen-bond donors (Lipinski definition) is 1. The average molecular weight is 194 g/mol. The molecular weight excluding hydrogens is 172 g/mol. The zero-order chi connectivity index (χ0) is 11.0. The van der Waals surface area contributed by atoms with Crippen molar-refractivity contribution in [2.75, 3.05) is 26.4 Å². The number of nitrogen functional groups attached to an aromatic ring is 1. The van der Waals surface area contributed by atoms with Gasteiger partial charge in [-0.15, -0.1) is 0 Å². The lowest BCUT2D eigenvalue weighted by Crippen LogP contribution is -2.14. The van der Waals surface area contributed by atoms with Gasteiger partial charge in [0, 0.05) is 12.2 Å². The predicted molar refractivity (Wildman–Crippen MR) is 64.5 cm³/mol. The highest BCUT2D eigenvalue weighted by Gasteiger charge is 1.93. The molecule has 0 aliphatic rings. The van der Waals surface area contributed by atoms with Crippen LogP contribution in [0.2, 0.25) is 0 Å². The summed E-state index contributed by atoms with van der Waals surface area (Å²) >= 11 is 0. The van der Waals surface area contributed by atoms with Crippen molar-refractivity contribution >= 4 is 5.69 Å². The van der Waals surface area contributed by atoms with Crippen LogP contribution in [0, 0.1) is 0 Å². The first-order chi connectivity index (χ1) is 6.68. The van der Waals surface area contributed by atoms with E-state index >= 15 is 0 Å². The van der Waals surface area contributed by atoms with Crippen molar-refractivity contribution in [2.24, 2.45) is 0 Å². The lowest BCUT2D eigenvalue weighted by Gasteiger charge is -2.08. The van der Waals surface area contributed by atoms with E-state index in [9.17, 15) is 0 Å². The third kappa shape index (κ3) is 5.60. The molecule has 1 aromatic carbocycles. The molecule has 0 spiro atoms. The van der Waals surface area contributed by atoms with E-state index in [4.69, 9.17) is 5.73 Å². The van der Waals surface area contributed by atoms with Gasteiger partial charge < -0.3 is 10.6 Å². The molecule has 0 heterocycles. The maximum atomic E-state index is 5.57. The van der Waals surface area contributed by atoms with Gasteiger partial charge in [-0.25, -0.2) is 0 Å². The second-order valence-corrected chi connectivity index (χ2v) is 3.29. The Bertz CT molecular complexity index is 227. The SMILES string of the molecule is CC.CN(C)CCc1ccc(N)cc1. The lowest BCUT2D eigenvalue weighted by molar-refractivity contribution is 0.413. The quantitative estimate of drug-likeness (QED) is 0.749. The number of hydrogen-bond acceptors (Lipinski definition) is 2. The molecule has 2 N–H and O–H groups in total. The van der Waals surface area contributed by atoms with E-state index in [1.54, 1.807) is 0 Å². The maximum absolute atomic E-state index is 5.57. The number of nitrogens with two attached hydrogens (primary N) is 1. The molecule has 0 atom stereocenters. The number of rotatable bonds is 3. The summed E-state index contributed by atoms with van der Waals surface area (Å²) in [7, 11) is 4.16. The molecule has 0 radical (unpaired) electrons. The van der Waals surface area contributed by atoms with Crippen LogP contribution in [-0.4, -0.2) is 25.5 Å². The van der Waals surface area contributed by atoms with Crippen LogP contribution in [0.1, 0.15) is 19.4 Å². The van der Waals surface area contributed by atoms with Crippen molar-refractivity contribution in [3.8, 4) is 0 Å². The Morgan fingerprint density at radius 3 is 2.00 bits per heavy atom. The van der Waals surface area contributed by atoms with Gasteiger partial charge in [0.25, 0.3) is 0 Å². The molecule has 0 aromatic heterocycles. The molecule has 1 aromatic rings. The summed E-state index contributed by atoms with van der Waals surface area (Å²) in [6, 6.07) is 8.06. The molecule has 0 bridgehead atoms. The highest BCUT2D eigenvalue weighted by Crippen LogP contribution is 2.05. The van der Waals surface area contributed by atoms with Crippen LogP contribution in [0.3, 0.4) is 0 Å². The van der Waals surface area contributed by atoms with Crippen molar-refractivity contribution in [2.45, 2.75) is 20.3 Å². The van der Waals surface area contributed by atoms with Gasteiger partial charge in [-0.3, -0.25) is 0 Å². The van der Waals surface area contributed by atoms with Crippen molar-refractivity contribution in [1.82, 2.24) is 4.90 Å². The van der Waals surface area contributed by atoms with Gasteiger partial charge in [0.2, 0.25) is 0 Å². The minimum Gasteiger partial charge on any atom is -0.399 e. The Balaban J connectivity index is 0.000000791. The molecule has 2 heteroatoms. The summed E-state index contributed by atoms with van der Waals surface area (Å²) in [5.41, 5.74) is 7.75. The molecule has 1 rings (SSSR count). The molecule has 0 saturated carbocycles. The number of likely N-dealkylation sites (N-methyl/N-ethyl adjacent to an activating group) is 1.